The Labute approximate surface area is 125 Å². The highest BCUT2D eigenvalue weighted by Crippen LogP contribution is 2.48. The van der Waals surface area contributed by atoms with Crippen LogP contribution < -0.4 is 10.9 Å². The molecular formula is C17H18BN3. The average molecular weight is 275 g/mol. The molecule has 0 spiro atoms. The highest BCUT2D eigenvalue weighted by atomic mass is 15.1. The van der Waals surface area contributed by atoms with Crippen molar-refractivity contribution in [2.24, 2.45) is 5.92 Å². The lowest BCUT2D eigenvalue weighted by molar-refractivity contribution is 0.416. The minimum Gasteiger partial charge on any atom is -0.361 e. The predicted molar refractivity (Wildman–Crippen MR) is 87.7 cm³/mol. The Morgan fingerprint density at radius 2 is 2.00 bits per heavy atom. The van der Waals surface area contributed by atoms with Crippen LogP contribution in [-0.4, -0.2) is 17.8 Å². The first-order valence-electron chi connectivity index (χ1n) is 7.57. The van der Waals surface area contributed by atoms with E-state index in [-0.39, 0.29) is 0 Å². The van der Waals surface area contributed by atoms with Crippen LogP contribution in [0.25, 0.3) is 0 Å². The van der Waals surface area contributed by atoms with Crippen LogP contribution in [0.15, 0.2) is 42.5 Å². The fourth-order valence-electron chi connectivity index (χ4n) is 3.51. The smallest absolute Gasteiger partial charge is 0.166 e. The van der Waals surface area contributed by atoms with Gasteiger partial charge in [0.25, 0.3) is 0 Å². The summed E-state index contributed by atoms with van der Waals surface area (Å²) in [6.45, 7) is 2.03. The second-order valence-corrected chi connectivity index (χ2v) is 6.01. The van der Waals surface area contributed by atoms with Crippen molar-refractivity contribution in [1.29, 1.82) is 0 Å². The van der Waals surface area contributed by atoms with Gasteiger partial charge in [-0.05, 0) is 24.8 Å². The molecular weight excluding hydrogens is 257 g/mol. The molecule has 3 nitrogen and oxygen atoms in total. The minimum absolute atomic E-state index is 0.315. The van der Waals surface area contributed by atoms with Crippen molar-refractivity contribution >= 4 is 19.3 Å². The molecule has 1 aromatic heterocycles. The summed E-state index contributed by atoms with van der Waals surface area (Å²) in [7, 11) is 2.04. The number of rotatable bonds is 1. The lowest BCUT2D eigenvalue weighted by Gasteiger charge is -2.36. The van der Waals surface area contributed by atoms with Crippen LogP contribution in [0, 0.1) is 12.8 Å². The fourth-order valence-corrected chi connectivity index (χ4v) is 3.51. The third kappa shape index (κ3) is 1.97. The molecule has 4 rings (SSSR count). The molecule has 4 heteroatoms. The summed E-state index contributed by atoms with van der Waals surface area (Å²) in [4.78, 5) is 9.55. The van der Waals surface area contributed by atoms with Crippen LogP contribution >= 0.6 is 0 Å². The summed E-state index contributed by atoms with van der Waals surface area (Å²) < 4.78 is 0. The first kappa shape index (κ1) is 12.6. The predicted octanol–water partition coefficient (Wildman–Crippen LogP) is 1.87. The van der Waals surface area contributed by atoms with E-state index in [0.29, 0.717) is 17.9 Å². The van der Waals surface area contributed by atoms with Crippen molar-refractivity contribution in [3.05, 3.63) is 59.4 Å². The van der Waals surface area contributed by atoms with Crippen LogP contribution in [0.1, 0.15) is 35.3 Å². The molecule has 2 aliphatic rings. The van der Waals surface area contributed by atoms with Gasteiger partial charge in [0, 0.05) is 11.5 Å². The topological polar surface area (TPSA) is 37.8 Å². The van der Waals surface area contributed by atoms with Crippen LogP contribution in [0.2, 0.25) is 0 Å². The first-order valence-corrected chi connectivity index (χ1v) is 7.57. The molecule has 1 N–H and O–H groups in total. The van der Waals surface area contributed by atoms with Gasteiger partial charge in [0.15, 0.2) is 7.85 Å². The number of anilines is 1. The Hall–Kier alpha value is -2.10. The van der Waals surface area contributed by atoms with Crippen molar-refractivity contribution in [2.75, 3.05) is 5.32 Å². The molecule has 0 saturated heterocycles. The average Bonchev–Trinajstić information content (AvgIpc) is 2.99. The Kier molecular flexibility index (Phi) is 2.84. The van der Waals surface area contributed by atoms with E-state index < -0.39 is 0 Å². The Morgan fingerprint density at radius 1 is 1.19 bits per heavy atom. The largest absolute Gasteiger partial charge is 0.361 e. The number of hydrogen-bond donors (Lipinski definition) is 1. The molecule has 0 fully saturated rings. The molecule has 2 heterocycles. The molecule has 3 unspecified atom stereocenters. The van der Waals surface area contributed by atoms with Crippen molar-refractivity contribution in [3.63, 3.8) is 0 Å². The van der Waals surface area contributed by atoms with Gasteiger partial charge in [-0.1, -0.05) is 42.5 Å². The van der Waals surface area contributed by atoms with E-state index in [4.69, 9.17) is 9.97 Å². The summed E-state index contributed by atoms with van der Waals surface area (Å²) in [6.07, 6.45) is 5.70. The lowest BCUT2D eigenvalue weighted by atomic mass is 9.79. The molecule has 0 radical (unpaired) electrons. The number of hydrogen-bond acceptors (Lipinski definition) is 3. The summed E-state index contributed by atoms with van der Waals surface area (Å²) in [5.74, 6) is 1.88. The summed E-state index contributed by atoms with van der Waals surface area (Å²) in [5, 5.41) is 3.64. The molecule has 0 saturated carbocycles. The van der Waals surface area contributed by atoms with Crippen LogP contribution in [0.3, 0.4) is 0 Å². The van der Waals surface area contributed by atoms with Crippen molar-refractivity contribution in [1.82, 2.24) is 9.97 Å². The van der Waals surface area contributed by atoms with Crippen molar-refractivity contribution < 1.29 is 0 Å². The second kappa shape index (κ2) is 4.73. The van der Waals surface area contributed by atoms with Crippen molar-refractivity contribution in [2.45, 2.75) is 25.3 Å². The minimum atomic E-state index is 0.315. The summed E-state index contributed by atoms with van der Waals surface area (Å²) in [6, 6.07) is 11.0. The Morgan fingerprint density at radius 3 is 2.81 bits per heavy atom. The molecule has 1 aliphatic heterocycles. The van der Waals surface area contributed by atoms with E-state index in [9.17, 15) is 0 Å². The van der Waals surface area contributed by atoms with E-state index in [1.54, 1.807) is 0 Å². The highest BCUT2D eigenvalue weighted by molar-refractivity contribution is 6.31. The molecule has 0 bridgehead atoms. The molecule has 2 aromatic rings. The maximum Gasteiger partial charge on any atom is 0.166 e. The van der Waals surface area contributed by atoms with Crippen LogP contribution in [0.5, 0.6) is 0 Å². The number of nitrogens with one attached hydrogen (secondary N) is 1. The quantitative estimate of drug-likeness (QED) is 0.637. The highest BCUT2D eigenvalue weighted by Gasteiger charge is 2.39. The maximum atomic E-state index is 4.81. The number of aromatic nitrogens is 2. The molecule has 21 heavy (non-hydrogen) atoms. The van der Waals surface area contributed by atoms with Gasteiger partial charge in [-0.25, -0.2) is 4.98 Å². The van der Waals surface area contributed by atoms with Gasteiger partial charge >= 0.3 is 0 Å². The van der Waals surface area contributed by atoms with Gasteiger partial charge < -0.3 is 5.32 Å². The van der Waals surface area contributed by atoms with Gasteiger partial charge in [0.1, 0.15) is 5.82 Å². The Bertz CT molecular complexity index is 711. The monoisotopic (exact) mass is 275 g/mol. The molecule has 1 aliphatic carbocycles. The van der Waals surface area contributed by atoms with Crippen molar-refractivity contribution in [3.8, 4) is 0 Å². The zero-order chi connectivity index (χ0) is 14.4. The van der Waals surface area contributed by atoms with Gasteiger partial charge in [-0.15, -0.1) is 0 Å². The standard InChI is InChI=1S/C17H18BN3/c1-10-16(18)20-15-13-9-5-8-12(13)14(21-17(15)19-10)11-6-3-2-4-7-11/h2-7,9,12-14H,8,18H2,1H3,(H,19,21). The number of nitrogens with zero attached hydrogens (tertiary/aromatic N) is 2. The van der Waals surface area contributed by atoms with Gasteiger partial charge in [-0.2, -0.15) is 0 Å². The normalized spacial score (nSPS) is 26.0. The van der Waals surface area contributed by atoms with E-state index in [2.05, 4.69) is 47.8 Å². The van der Waals surface area contributed by atoms with Crippen LogP contribution in [0.4, 0.5) is 5.82 Å². The van der Waals surface area contributed by atoms with Gasteiger partial charge in [0.2, 0.25) is 0 Å². The molecule has 0 amide bonds. The maximum absolute atomic E-state index is 4.81. The number of benzene rings is 1. The molecule has 104 valence electrons. The van der Waals surface area contributed by atoms with Crippen LogP contribution in [-0.2, 0) is 0 Å². The first-order chi connectivity index (χ1) is 10.2. The lowest BCUT2D eigenvalue weighted by Crippen LogP contribution is -2.33. The summed E-state index contributed by atoms with van der Waals surface area (Å²) in [5.41, 5.74) is 4.49. The number of fused-ring (bicyclic) bond motifs is 3. The SMILES string of the molecule is Bc1nc2c(nc1C)NC(c1ccccc1)C1CC=CC21. The molecule has 3 atom stereocenters. The van der Waals surface area contributed by atoms with Gasteiger partial charge in [0.05, 0.1) is 17.4 Å². The number of aryl methyl sites for hydroxylation is 1. The third-order valence-electron chi connectivity index (χ3n) is 4.74. The third-order valence-corrected chi connectivity index (χ3v) is 4.74. The molecule has 1 aromatic carbocycles. The number of allylic oxidation sites excluding steroid dienone is 2. The van der Waals surface area contributed by atoms with E-state index >= 15 is 0 Å². The zero-order valence-electron chi connectivity index (χ0n) is 12.4. The van der Waals surface area contributed by atoms with E-state index in [0.717, 1.165) is 29.2 Å². The zero-order valence-corrected chi connectivity index (χ0v) is 12.4. The van der Waals surface area contributed by atoms with Gasteiger partial charge in [-0.3, -0.25) is 4.98 Å². The fraction of sp³-hybridized carbons (Fsp3) is 0.294. The second-order valence-electron chi connectivity index (χ2n) is 6.01. The van der Waals surface area contributed by atoms with E-state index in [1.807, 2.05) is 14.8 Å². The Balaban J connectivity index is 1.82. The van der Waals surface area contributed by atoms with E-state index in [1.165, 1.54) is 5.56 Å². The summed E-state index contributed by atoms with van der Waals surface area (Å²) >= 11 is 0.